The maximum atomic E-state index is 11.3. The Kier molecular flexibility index (Phi) is 2.90. The van der Waals surface area contributed by atoms with E-state index in [1.807, 2.05) is 0 Å². The van der Waals surface area contributed by atoms with Crippen molar-refractivity contribution < 1.29 is 14.6 Å². The normalized spacial score (nSPS) is 10.7. The molecule has 2 N–H and O–H groups in total. The molecular weight excluding hydrogens is 276 g/mol. The number of nitrogens with zero attached hydrogens (tertiary/aromatic N) is 3. The molecule has 2 heterocycles. The molecule has 8 nitrogen and oxygen atoms in total. The van der Waals surface area contributed by atoms with Crippen LogP contribution < -0.4 is 10.4 Å². The van der Waals surface area contributed by atoms with E-state index in [0.29, 0.717) is 5.65 Å². The highest BCUT2D eigenvalue weighted by Gasteiger charge is 2.13. The van der Waals surface area contributed by atoms with Crippen molar-refractivity contribution in [3.63, 3.8) is 0 Å². The molecule has 21 heavy (non-hydrogen) atoms. The van der Waals surface area contributed by atoms with E-state index in [1.165, 1.54) is 22.9 Å². The maximum Gasteiger partial charge on any atom is 0.348 e. The number of aromatic carboxylic acids is 1. The molecule has 0 amide bonds. The second-order valence-electron chi connectivity index (χ2n) is 4.39. The molecule has 3 aromatic rings. The molecule has 8 heteroatoms. The quantitative estimate of drug-likeness (QED) is 0.749. The first-order chi connectivity index (χ1) is 10.0. The summed E-state index contributed by atoms with van der Waals surface area (Å²) in [5, 5.41) is 15.2. The SMILES string of the molecule is Cc1ccc(Oc2cc3n[nH]c(=O)n3cn2)c(C(=O)O)c1. The van der Waals surface area contributed by atoms with Gasteiger partial charge in [-0.15, -0.1) is 0 Å². The standard InChI is InChI=1S/C13H10N4O4/c1-7-2-3-9(8(4-7)12(18)19)21-11-5-10-15-16-13(20)17(10)6-14-11/h2-6H,1H3,(H,16,20)(H,18,19). The molecule has 1 aromatic carbocycles. The second-order valence-corrected chi connectivity index (χ2v) is 4.39. The number of carboxylic acids is 1. The lowest BCUT2D eigenvalue weighted by molar-refractivity contribution is 0.0694. The summed E-state index contributed by atoms with van der Waals surface area (Å²) in [6.07, 6.45) is 1.26. The molecule has 3 rings (SSSR count). The summed E-state index contributed by atoms with van der Waals surface area (Å²) in [4.78, 5) is 26.5. The smallest absolute Gasteiger partial charge is 0.348 e. The molecule has 0 aliphatic rings. The third kappa shape index (κ3) is 2.34. The van der Waals surface area contributed by atoms with Gasteiger partial charge in [-0.2, -0.15) is 5.10 Å². The van der Waals surface area contributed by atoms with E-state index in [4.69, 9.17) is 4.74 Å². The zero-order chi connectivity index (χ0) is 15.0. The molecule has 0 radical (unpaired) electrons. The van der Waals surface area contributed by atoms with E-state index in [0.717, 1.165) is 5.56 Å². The molecule has 0 aliphatic carbocycles. The van der Waals surface area contributed by atoms with Crippen LogP contribution in [-0.4, -0.2) is 30.7 Å². The lowest BCUT2D eigenvalue weighted by Crippen LogP contribution is -2.09. The molecule has 0 unspecified atom stereocenters. The van der Waals surface area contributed by atoms with Gasteiger partial charge in [-0.25, -0.2) is 24.1 Å². The highest BCUT2D eigenvalue weighted by atomic mass is 16.5. The van der Waals surface area contributed by atoms with Gasteiger partial charge in [0.1, 0.15) is 17.6 Å². The molecule has 0 saturated carbocycles. The Labute approximate surface area is 117 Å². The van der Waals surface area contributed by atoms with Gasteiger partial charge in [0.05, 0.1) is 0 Å². The number of aromatic amines is 1. The summed E-state index contributed by atoms with van der Waals surface area (Å²) in [5.41, 5.74) is 0.762. The molecule has 2 aromatic heterocycles. The average Bonchev–Trinajstić information content (AvgIpc) is 2.82. The van der Waals surface area contributed by atoms with Crippen molar-refractivity contribution in [3.05, 3.63) is 52.2 Å². The fourth-order valence-electron chi connectivity index (χ4n) is 1.86. The predicted octanol–water partition coefficient (Wildman–Crippen LogP) is 1.22. The Morgan fingerprint density at radius 2 is 2.19 bits per heavy atom. The summed E-state index contributed by atoms with van der Waals surface area (Å²) in [5.74, 6) is -0.776. The first-order valence-electron chi connectivity index (χ1n) is 5.99. The largest absolute Gasteiger partial charge is 0.478 e. The van der Waals surface area contributed by atoms with Crippen molar-refractivity contribution in [1.82, 2.24) is 19.6 Å². The van der Waals surface area contributed by atoms with Crippen molar-refractivity contribution in [1.29, 1.82) is 0 Å². The van der Waals surface area contributed by atoms with Crippen LogP contribution >= 0.6 is 0 Å². The zero-order valence-corrected chi connectivity index (χ0v) is 10.9. The Hall–Kier alpha value is -3.16. The monoisotopic (exact) mass is 286 g/mol. The molecule has 106 valence electrons. The molecule has 0 spiro atoms. The van der Waals surface area contributed by atoms with Crippen LogP contribution in [0.15, 0.2) is 35.4 Å². The Morgan fingerprint density at radius 1 is 1.38 bits per heavy atom. The molecule has 0 bridgehead atoms. The van der Waals surface area contributed by atoms with Gasteiger partial charge < -0.3 is 9.84 Å². The number of benzene rings is 1. The molecule has 0 aliphatic heterocycles. The number of H-pyrrole nitrogens is 1. The summed E-state index contributed by atoms with van der Waals surface area (Å²) < 4.78 is 6.69. The Morgan fingerprint density at radius 3 is 2.95 bits per heavy atom. The van der Waals surface area contributed by atoms with Gasteiger partial charge in [0.15, 0.2) is 5.65 Å². The van der Waals surface area contributed by atoms with E-state index in [-0.39, 0.29) is 17.2 Å². The van der Waals surface area contributed by atoms with Crippen LogP contribution in [0.3, 0.4) is 0 Å². The van der Waals surface area contributed by atoms with Gasteiger partial charge in [0.25, 0.3) is 0 Å². The van der Waals surface area contributed by atoms with Crippen molar-refractivity contribution >= 4 is 11.6 Å². The third-order valence-corrected chi connectivity index (χ3v) is 2.86. The predicted molar refractivity (Wildman–Crippen MR) is 71.8 cm³/mol. The van der Waals surface area contributed by atoms with Gasteiger partial charge in [0.2, 0.25) is 5.88 Å². The second kappa shape index (κ2) is 4.75. The average molecular weight is 286 g/mol. The first kappa shape index (κ1) is 12.9. The number of hydrogen-bond donors (Lipinski definition) is 2. The number of carbonyl (C=O) groups is 1. The minimum absolute atomic E-state index is 0.0380. The lowest BCUT2D eigenvalue weighted by Gasteiger charge is -2.08. The summed E-state index contributed by atoms with van der Waals surface area (Å²) in [6, 6.07) is 6.24. The van der Waals surface area contributed by atoms with Crippen LogP contribution in [-0.2, 0) is 0 Å². The van der Waals surface area contributed by atoms with Crippen LogP contribution in [0.1, 0.15) is 15.9 Å². The van der Waals surface area contributed by atoms with Gasteiger partial charge in [-0.1, -0.05) is 11.6 Å². The summed E-state index contributed by atoms with van der Waals surface area (Å²) in [7, 11) is 0. The number of aryl methyl sites for hydroxylation is 1. The van der Waals surface area contributed by atoms with Crippen molar-refractivity contribution in [3.8, 4) is 11.6 Å². The van der Waals surface area contributed by atoms with Gasteiger partial charge in [-0.3, -0.25) is 0 Å². The maximum absolute atomic E-state index is 11.3. The fourth-order valence-corrected chi connectivity index (χ4v) is 1.86. The van der Waals surface area contributed by atoms with E-state index in [9.17, 15) is 14.7 Å². The van der Waals surface area contributed by atoms with E-state index in [1.54, 1.807) is 19.1 Å². The van der Waals surface area contributed by atoms with Crippen molar-refractivity contribution in [2.75, 3.05) is 0 Å². The number of nitrogens with one attached hydrogen (secondary N) is 1. The van der Waals surface area contributed by atoms with Crippen LogP contribution in [0, 0.1) is 6.92 Å². The number of ether oxygens (including phenoxy) is 1. The Balaban J connectivity index is 2.02. The van der Waals surface area contributed by atoms with Crippen LogP contribution in [0.5, 0.6) is 11.6 Å². The number of carboxylic acid groups (broad SMARTS) is 1. The van der Waals surface area contributed by atoms with E-state index in [2.05, 4.69) is 15.2 Å². The number of hydrogen-bond acceptors (Lipinski definition) is 5. The zero-order valence-electron chi connectivity index (χ0n) is 10.9. The van der Waals surface area contributed by atoms with E-state index < -0.39 is 11.7 Å². The van der Waals surface area contributed by atoms with Crippen molar-refractivity contribution in [2.24, 2.45) is 0 Å². The topological polar surface area (TPSA) is 110 Å². The molecular formula is C13H10N4O4. The van der Waals surface area contributed by atoms with Crippen molar-refractivity contribution in [2.45, 2.75) is 6.92 Å². The molecule has 0 atom stereocenters. The third-order valence-electron chi connectivity index (χ3n) is 2.86. The highest BCUT2D eigenvalue weighted by molar-refractivity contribution is 5.91. The minimum Gasteiger partial charge on any atom is -0.478 e. The van der Waals surface area contributed by atoms with Crippen LogP contribution in [0.2, 0.25) is 0 Å². The lowest BCUT2D eigenvalue weighted by atomic mass is 10.1. The first-order valence-corrected chi connectivity index (χ1v) is 5.99. The van der Waals surface area contributed by atoms with Crippen LogP contribution in [0.25, 0.3) is 5.65 Å². The Bertz CT molecular complexity index is 897. The fraction of sp³-hybridized carbons (Fsp3) is 0.0769. The summed E-state index contributed by atoms with van der Waals surface area (Å²) in [6.45, 7) is 1.79. The van der Waals surface area contributed by atoms with Crippen LogP contribution in [0.4, 0.5) is 0 Å². The number of fused-ring (bicyclic) bond motifs is 1. The molecule has 0 fully saturated rings. The number of aromatic nitrogens is 4. The van der Waals surface area contributed by atoms with Gasteiger partial charge in [-0.05, 0) is 19.1 Å². The highest BCUT2D eigenvalue weighted by Crippen LogP contribution is 2.25. The van der Waals surface area contributed by atoms with Gasteiger partial charge in [0, 0.05) is 6.07 Å². The molecule has 0 saturated heterocycles. The minimum atomic E-state index is -1.09. The summed E-state index contributed by atoms with van der Waals surface area (Å²) >= 11 is 0. The van der Waals surface area contributed by atoms with Gasteiger partial charge >= 0.3 is 11.7 Å². The van der Waals surface area contributed by atoms with E-state index >= 15 is 0 Å². The number of rotatable bonds is 3.